The van der Waals surface area contributed by atoms with Crippen LogP contribution in [0, 0.1) is 0 Å². The molecule has 2 fully saturated rings. The van der Waals surface area contributed by atoms with Gasteiger partial charge < -0.3 is 62.5 Å². The van der Waals surface area contributed by atoms with E-state index in [2.05, 4.69) is 5.32 Å². The highest BCUT2D eigenvalue weighted by molar-refractivity contribution is 5.04. The number of ether oxygens (including phenoxy) is 4. The summed E-state index contributed by atoms with van der Waals surface area (Å²) in [5, 5.41) is 34.9. The van der Waals surface area contributed by atoms with Gasteiger partial charge in [-0.15, -0.1) is 0 Å². The molecule has 1 saturated carbocycles. The van der Waals surface area contributed by atoms with Crippen molar-refractivity contribution < 1.29 is 34.3 Å². The quantitative estimate of drug-likeness (QED) is 0.196. The Morgan fingerprint density at radius 1 is 1.10 bits per heavy atom. The minimum absolute atomic E-state index is 0.0727. The van der Waals surface area contributed by atoms with Gasteiger partial charge in [-0.25, -0.2) is 0 Å². The third-order valence-electron chi connectivity index (χ3n) is 6.22. The molecule has 11 atom stereocenters. The standard InChI is InChI=1S/C19H37N5O7/c1-19(27)7-28-18(13(26)16(19)24-2)31-15-11(23)5-10(22)14(12(15)25)30-17-9(21)4-3-8(6-20)29-17/h3,9-18,24-27H,4-7,20-23H2,1-2H3/t9-,10+,11-,12-,13-,14-,15+,16-,17-,18-,19-/m1/s1. The summed E-state index contributed by atoms with van der Waals surface area (Å²) in [6.07, 6.45) is -3.56. The van der Waals surface area contributed by atoms with Crippen LogP contribution in [0.4, 0.5) is 0 Å². The van der Waals surface area contributed by atoms with Crippen molar-refractivity contribution in [3.63, 3.8) is 0 Å². The van der Waals surface area contributed by atoms with Gasteiger partial charge in [0.05, 0.1) is 25.2 Å². The predicted molar refractivity (Wildman–Crippen MR) is 110 cm³/mol. The van der Waals surface area contributed by atoms with Crippen molar-refractivity contribution >= 4 is 0 Å². The van der Waals surface area contributed by atoms with Gasteiger partial charge in [-0.2, -0.15) is 0 Å². The predicted octanol–water partition coefficient (Wildman–Crippen LogP) is -3.85. The minimum Gasteiger partial charge on any atom is -0.467 e. The first kappa shape index (κ1) is 24.7. The summed E-state index contributed by atoms with van der Waals surface area (Å²) in [7, 11) is 1.62. The molecule has 1 saturated heterocycles. The van der Waals surface area contributed by atoms with Crippen molar-refractivity contribution in [2.45, 2.75) is 86.5 Å². The number of hydrogen-bond acceptors (Lipinski definition) is 12. The summed E-state index contributed by atoms with van der Waals surface area (Å²) >= 11 is 0. The van der Waals surface area contributed by atoms with E-state index < -0.39 is 66.8 Å². The Bertz CT molecular complexity index is 639. The SMILES string of the molecule is CN[C@@H]1[C@@H](O)[C@@H](O[C@@H]2[C@H](O)[C@H](O[C@H]3OC(CN)=CC[C@H]3N)[C@@H](N)C[C@H]2N)OC[C@@]1(C)O. The van der Waals surface area contributed by atoms with Crippen molar-refractivity contribution in [1.82, 2.24) is 5.32 Å². The van der Waals surface area contributed by atoms with Crippen LogP contribution in [-0.2, 0) is 18.9 Å². The lowest BCUT2D eigenvalue weighted by molar-refractivity contribution is -0.303. The summed E-state index contributed by atoms with van der Waals surface area (Å²) < 4.78 is 23.1. The average Bonchev–Trinajstić information content (AvgIpc) is 2.71. The molecule has 2 aliphatic heterocycles. The van der Waals surface area contributed by atoms with E-state index in [-0.39, 0.29) is 13.2 Å². The van der Waals surface area contributed by atoms with Gasteiger partial charge in [0.25, 0.3) is 0 Å². The van der Waals surface area contributed by atoms with E-state index in [4.69, 9.17) is 41.9 Å². The molecule has 12 N–H and O–H groups in total. The lowest BCUT2D eigenvalue weighted by Gasteiger charge is -2.48. The van der Waals surface area contributed by atoms with Gasteiger partial charge in [0.15, 0.2) is 6.29 Å². The van der Waals surface area contributed by atoms with Crippen molar-refractivity contribution in [3.8, 4) is 0 Å². The van der Waals surface area contributed by atoms with Crippen LogP contribution in [0.3, 0.4) is 0 Å². The van der Waals surface area contributed by atoms with Gasteiger partial charge in [0.2, 0.25) is 6.29 Å². The number of hydrogen-bond donors (Lipinski definition) is 8. The molecule has 0 aromatic rings. The van der Waals surface area contributed by atoms with Crippen molar-refractivity contribution in [1.29, 1.82) is 0 Å². The summed E-state index contributed by atoms with van der Waals surface area (Å²) in [4.78, 5) is 0. The van der Waals surface area contributed by atoms with E-state index in [1.807, 2.05) is 0 Å². The first-order valence-electron chi connectivity index (χ1n) is 10.6. The molecule has 12 heteroatoms. The zero-order chi connectivity index (χ0) is 22.9. The van der Waals surface area contributed by atoms with E-state index in [1.165, 1.54) is 0 Å². The molecule has 3 aliphatic rings. The molecular weight excluding hydrogens is 410 g/mol. The first-order valence-corrected chi connectivity index (χ1v) is 10.6. The molecule has 2 heterocycles. The molecule has 0 spiro atoms. The Morgan fingerprint density at radius 3 is 2.29 bits per heavy atom. The first-order chi connectivity index (χ1) is 14.6. The lowest BCUT2D eigenvalue weighted by Crippen LogP contribution is -2.68. The average molecular weight is 448 g/mol. The number of aliphatic hydroxyl groups is 3. The molecule has 0 bridgehead atoms. The Kier molecular flexibility index (Phi) is 7.92. The van der Waals surface area contributed by atoms with Crippen LogP contribution >= 0.6 is 0 Å². The maximum absolute atomic E-state index is 11.0. The highest BCUT2D eigenvalue weighted by Crippen LogP contribution is 2.31. The van der Waals surface area contributed by atoms with Crippen LogP contribution in [0.5, 0.6) is 0 Å². The third-order valence-corrected chi connectivity index (χ3v) is 6.22. The zero-order valence-corrected chi connectivity index (χ0v) is 18.0. The second-order valence-electron chi connectivity index (χ2n) is 8.81. The molecule has 1 aliphatic carbocycles. The molecule has 180 valence electrons. The summed E-state index contributed by atoms with van der Waals surface area (Å²) in [5.74, 6) is 0.555. The molecule has 0 aromatic heterocycles. The highest BCUT2D eigenvalue weighted by Gasteiger charge is 2.50. The minimum atomic E-state index is -1.29. The van der Waals surface area contributed by atoms with Crippen molar-refractivity contribution in [2.75, 3.05) is 20.2 Å². The van der Waals surface area contributed by atoms with Crippen LogP contribution in [0.1, 0.15) is 19.8 Å². The highest BCUT2D eigenvalue weighted by atomic mass is 16.7. The fourth-order valence-electron chi connectivity index (χ4n) is 4.44. The van der Waals surface area contributed by atoms with Gasteiger partial charge in [-0.1, -0.05) is 0 Å². The maximum atomic E-state index is 11.0. The van der Waals surface area contributed by atoms with Crippen LogP contribution < -0.4 is 28.3 Å². The molecule has 0 radical (unpaired) electrons. The number of nitrogens with one attached hydrogen (secondary N) is 1. The number of aliphatic hydroxyl groups excluding tert-OH is 2. The molecule has 0 unspecified atom stereocenters. The summed E-state index contributed by atoms with van der Waals surface area (Å²) in [6, 6.07) is -2.37. The number of likely N-dealkylation sites (N-methyl/N-ethyl adjacent to an activating group) is 1. The molecule has 31 heavy (non-hydrogen) atoms. The number of rotatable bonds is 6. The Labute approximate surface area is 181 Å². The Balaban J connectivity index is 1.69. The van der Waals surface area contributed by atoms with Gasteiger partial charge in [0, 0.05) is 12.1 Å². The summed E-state index contributed by atoms with van der Waals surface area (Å²) in [5.41, 5.74) is 22.9. The van der Waals surface area contributed by atoms with Crippen LogP contribution in [0.25, 0.3) is 0 Å². The van der Waals surface area contributed by atoms with Crippen LogP contribution in [-0.4, -0.2) is 102 Å². The molecular formula is C19H37N5O7. The lowest BCUT2D eigenvalue weighted by atomic mass is 9.84. The van der Waals surface area contributed by atoms with E-state index in [0.29, 0.717) is 18.6 Å². The molecule has 3 rings (SSSR count). The monoisotopic (exact) mass is 447 g/mol. The van der Waals surface area contributed by atoms with E-state index in [0.717, 1.165) is 0 Å². The van der Waals surface area contributed by atoms with Crippen molar-refractivity contribution in [2.24, 2.45) is 22.9 Å². The smallest absolute Gasteiger partial charge is 0.215 e. The van der Waals surface area contributed by atoms with E-state index in [9.17, 15) is 15.3 Å². The Morgan fingerprint density at radius 2 is 1.71 bits per heavy atom. The van der Waals surface area contributed by atoms with E-state index in [1.54, 1.807) is 20.0 Å². The largest absolute Gasteiger partial charge is 0.467 e. The van der Waals surface area contributed by atoms with E-state index >= 15 is 0 Å². The van der Waals surface area contributed by atoms with Gasteiger partial charge in [0.1, 0.15) is 35.8 Å². The topological polar surface area (TPSA) is 214 Å². The Hall–Kier alpha value is -0.900. The summed E-state index contributed by atoms with van der Waals surface area (Å²) in [6.45, 7) is 1.68. The third kappa shape index (κ3) is 5.20. The van der Waals surface area contributed by atoms with Gasteiger partial charge in [-0.3, -0.25) is 0 Å². The maximum Gasteiger partial charge on any atom is 0.215 e. The van der Waals surface area contributed by atoms with Gasteiger partial charge >= 0.3 is 0 Å². The fourth-order valence-corrected chi connectivity index (χ4v) is 4.44. The second kappa shape index (κ2) is 9.93. The number of nitrogens with two attached hydrogens (primary N) is 4. The van der Waals surface area contributed by atoms with Gasteiger partial charge in [-0.05, 0) is 32.9 Å². The molecule has 12 nitrogen and oxygen atoms in total. The molecule has 0 amide bonds. The van der Waals surface area contributed by atoms with Crippen LogP contribution in [0.2, 0.25) is 0 Å². The molecule has 0 aromatic carbocycles. The van der Waals surface area contributed by atoms with Crippen molar-refractivity contribution in [3.05, 3.63) is 11.8 Å². The van der Waals surface area contributed by atoms with Crippen LogP contribution in [0.15, 0.2) is 11.8 Å². The fraction of sp³-hybridized carbons (Fsp3) is 0.895. The normalized spacial score (nSPS) is 48.7. The zero-order valence-electron chi connectivity index (χ0n) is 18.0. The second-order valence-corrected chi connectivity index (χ2v) is 8.81.